The highest BCUT2D eigenvalue weighted by Gasteiger charge is 2.17. The standard InChI is InChI=1S/C10H11ClF2N2O2/c11-5-1-2-8(17-10(12)13)6(3-5)7(14)4-9(15)16/h1-3,7,10H,4,14H2,(H2,15,16). The van der Waals surface area contributed by atoms with Crippen LogP contribution in [0.2, 0.25) is 5.02 Å². The normalized spacial score (nSPS) is 12.5. The van der Waals surface area contributed by atoms with Crippen molar-refractivity contribution in [3.8, 4) is 5.75 Å². The van der Waals surface area contributed by atoms with E-state index in [2.05, 4.69) is 4.74 Å². The van der Waals surface area contributed by atoms with Gasteiger partial charge in [-0.1, -0.05) is 11.6 Å². The number of hydrogen-bond acceptors (Lipinski definition) is 3. The van der Waals surface area contributed by atoms with E-state index in [-0.39, 0.29) is 17.7 Å². The fourth-order valence-electron chi connectivity index (χ4n) is 1.34. The van der Waals surface area contributed by atoms with Crippen molar-refractivity contribution < 1.29 is 18.3 Å². The van der Waals surface area contributed by atoms with Crippen LogP contribution in [-0.2, 0) is 4.79 Å². The predicted molar refractivity (Wildman–Crippen MR) is 58.8 cm³/mol. The van der Waals surface area contributed by atoms with Crippen molar-refractivity contribution in [1.29, 1.82) is 0 Å². The molecule has 4 N–H and O–H groups in total. The summed E-state index contributed by atoms with van der Waals surface area (Å²) >= 11 is 5.72. The number of alkyl halides is 2. The van der Waals surface area contributed by atoms with Crippen LogP contribution in [0.4, 0.5) is 8.78 Å². The largest absolute Gasteiger partial charge is 0.434 e. The van der Waals surface area contributed by atoms with E-state index in [4.69, 9.17) is 23.1 Å². The van der Waals surface area contributed by atoms with Gasteiger partial charge in [-0.3, -0.25) is 4.79 Å². The first-order valence-electron chi connectivity index (χ1n) is 4.68. The van der Waals surface area contributed by atoms with Gasteiger partial charge in [0.05, 0.1) is 0 Å². The van der Waals surface area contributed by atoms with Gasteiger partial charge in [0.15, 0.2) is 0 Å². The van der Waals surface area contributed by atoms with Crippen LogP contribution >= 0.6 is 11.6 Å². The van der Waals surface area contributed by atoms with Crippen LogP contribution < -0.4 is 16.2 Å². The molecule has 0 heterocycles. The molecule has 17 heavy (non-hydrogen) atoms. The van der Waals surface area contributed by atoms with Crippen LogP contribution in [0.25, 0.3) is 0 Å². The van der Waals surface area contributed by atoms with Crippen LogP contribution in [0.15, 0.2) is 18.2 Å². The van der Waals surface area contributed by atoms with Gasteiger partial charge >= 0.3 is 6.61 Å². The maximum atomic E-state index is 12.1. The summed E-state index contributed by atoms with van der Waals surface area (Å²) in [4.78, 5) is 10.7. The van der Waals surface area contributed by atoms with Crippen LogP contribution in [0, 0.1) is 0 Å². The number of primary amides is 1. The second-order valence-corrected chi connectivity index (χ2v) is 3.77. The minimum absolute atomic E-state index is 0.113. The summed E-state index contributed by atoms with van der Waals surface area (Å²) in [5.74, 6) is -0.751. The summed E-state index contributed by atoms with van der Waals surface area (Å²) in [6, 6.07) is 3.19. The van der Waals surface area contributed by atoms with Crippen LogP contribution in [0.1, 0.15) is 18.0 Å². The van der Waals surface area contributed by atoms with E-state index in [1.54, 1.807) is 0 Å². The molecule has 0 aromatic heterocycles. The third kappa shape index (κ3) is 4.16. The van der Waals surface area contributed by atoms with E-state index in [0.29, 0.717) is 5.02 Å². The highest BCUT2D eigenvalue weighted by atomic mass is 35.5. The van der Waals surface area contributed by atoms with Gasteiger partial charge in [0.1, 0.15) is 5.75 Å². The average molecular weight is 265 g/mol. The molecule has 4 nitrogen and oxygen atoms in total. The van der Waals surface area contributed by atoms with E-state index in [1.165, 1.54) is 18.2 Å². The monoisotopic (exact) mass is 264 g/mol. The number of nitrogens with two attached hydrogens (primary N) is 2. The first kappa shape index (κ1) is 13.7. The number of amides is 1. The molecule has 0 fully saturated rings. The molecule has 1 atom stereocenters. The molecule has 94 valence electrons. The second-order valence-electron chi connectivity index (χ2n) is 3.34. The van der Waals surface area contributed by atoms with Gasteiger partial charge < -0.3 is 16.2 Å². The predicted octanol–water partition coefficient (Wildman–Crippen LogP) is 1.82. The summed E-state index contributed by atoms with van der Waals surface area (Å²) in [5, 5.41) is 0.307. The fourth-order valence-corrected chi connectivity index (χ4v) is 1.52. The summed E-state index contributed by atoms with van der Waals surface area (Å²) in [6.07, 6.45) is -0.181. The summed E-state index contributed by atoms with van der Waals surface area (Å²) < 4.78 is 28.6. The van der Waals surface area contributed by atoms with Crippen molar-refractivity contribution in [3.63, 3.8) is 0 Å². The highest BCUT2D eigenvalue weighted by Crippen LogP contribution is 2.29. The maximum absolute atomic E-state index is 12.1. The molecule has 0 aliphatic carbocycles. The van der Waals surface area contributed by atoms with Gasteiger partial charge in [0.2, 0.25) is 5.91 Å². The van der Waals surface area contributed by atoms with E-state index in [1.807, 2.05) is 0 Å². The molecule has 1 unspecified atom stereocenters. The van der Waals surface area contributed by atoms with Crippen molar-refractivity contribution in [3.05, 3.63) is 28.8 Å². The Morgan fingerprint density at radius 3 is 2.65 bits per heavy atom. The number of hydrogen-bond donors (Lipinski definition) is 2. The zero-order valence-corrected chi connectivity index (χ0v) is 9.45. The Morgan fingerprint density at radius 1 is 1.47 bits per heavy atom. The molecular formula is C10H11ClF2N2O2. The Kier molecular flexibility index (Phi) is 4.65. The number of ether oxygens (including phenoxy) is 1. The first-order valence-corrected chi connectivity index (χ1v) is 5.06. The number of halogens is 3. The Balaban J connectivity index is 3.01. The minimum Gasteiger partial charge on any atom is -0.434 e. The van der Waals surface area contributed by atoms with Gasteiger partial charge in [0, 0.05) is 23.0 Å². The highest BCUT2D eigenvalue weighted by molar-refractivity contribution is 6.30. The topological polar surface area (TPSA) is 78.3 Å². The smallest absolute Gasteiger partial charge is 0.387 e. The van der Waals surface area contributed by atoms with Gasteiger partial charge in [-0.2, -0.15) is 8.78 Å². The van der Waals surface area contributed by atoms with E-state index >= 15 is 0 Å². The van der Waals surface area contributed by atoms with Crippen LogP contribution in [0.3, 0.4) is 0 Å². The van der Waals surface area contributed by atoms with E-state index in [9.17, 15) is 13.6 Å². The van der Waals surface area contributed by atoms with E-state index < -0.39 is 18.6 Å². The lowest BCUT2D eigenvalue weighted by atomic mass is 10.0. The molecule has 0 spiro atoms. The molecule has 0 aliphatic heterocycles. The van der Waals surface area contributed by atoms with E-state index in [0.717, 1.165) is 0 Å². The maximum Gasteiger partial charge on any atom is 0.387 e. The van der Waals surface area contributed by atoms with Gasteiger partial charge in [-0.25, -0.2) is 0 Å². The van der Waals surface area contributed by atoms with Crippen LogP contribution in [0.5, 0.6) is 5.75 Å². The Bertz CT molecular complexity index is 415. The lowest BCUT2D eigenvalue weighted by molar-refractivity contribution is -0.118. The van der Waals surface area contributed by atoms with Gasteiger partial charge in [-0.15, -0.1) is 0 Å². The molecule has 1 rings (SSSR count). The SMILES string of the molecule is NC(=O)CC(N)c1cc(Cl)ccc1OC(F)F. The number of rotatable bonds is 5. The third-order valence-electron chi connectivity index (χ3n) is 2.01. The van der Waals surface area contributed by atoms with Crippen LogP contribution in [-0.4, -0.2) is 12.5 Å². The summed E-state index contributed by atoms with van der Waals surface area (Å²) in [5.41, 5.74) is 10.9. The van der Waals surface area contributed by atoms with Crippen molar-refractivity contribution in [2.45, 2.75) is 19.1 Å². The molecule has 0 aliphatic rings. The molecule has 1 aromatic carbocycles. The molecule has 0 radical (unpaired) electrons. The average Bonchev–Trinajstić information content (AvgIpc) is 2.19. The summed E-state index contributed by atoms with van der Waals surface area (Å²) in [7, 11) is 0. The van der Waals surface area contributed by atoms with Gasteiger partial charge in [-0.05, 0) is 18.2 Å². The van der Waals surface area contributed by atoms with Crippen molar-refractivity contribution >= 4 is 17.5 Å². The molecule has 0 saturated carbocycles. The first-order chi connectivity index (χ1) is 7.90. The number of carbonyl (C=O) groups is 1. The van der Waals surface area contributed by atoms with Crippen molar-refractivity contribution in [2.75, 3.05) is 0 Å². The minimum atomic E-state index is -2.98. The number of carbonyl (C=O) groups excluding carboxylic acids is 1. The quantitative estimate of drug-likeness (QED) is 0.851. The third-order valence-corrected chi connectivity index (χ3v) is 2.24. The second kappa shape index (κ2) is 5.79. The molecular weight excluding hydrogens is 254 g/mol. The molecule has 0 saturated heterocycles. The Labute approximate surface area is 101 Å². The Morgan fingerprint density at radius 2 is 2.12 bits per heavy atom. The fraction of sp³-hybridized carbons (Fsp3) is 0.300. The molecule has 1 aromatic rings. The lowest BCUT2D eigenvalue weighted by Gasteiger charge is -2.15. The van der Waals surface area contributed by atoms with Crippen molar-refractivity contribution in [2.24, 2.45) is 11.5 Å². The molecule has 0 bridgehead atoms. The zero-order chi connectivity index (χ0) is 13.0. The molecule has 1 amide bonds. The van der Waals surface area contributed by atoms with Gasteiger partial charge in [0.25, 0.3) is 0 Å². The van der Waals surface area contributed by atoms with Crippen molar-refractivity contribution in [1.82, 2.24) is 0 Å². The summed E-state index contributed by atoms with van der Waals surface area (Å²) in [6.45, 7) is -2.98. The Hall–Kier alpha value is -1.40. The zero-order valence-electron chi connectivity index (χ0n) is 8.70. The number of benzene rings is 1. The molecule has 7 heteroatoms. The lowest BCUT2D eigenvalue weighted by Crippen LogP contribution is -2.21.